The Morgan fingerprint density at radius 3 is 2.67 bits per heavy atom. The third kappa shape index (κ3) is 1.61. The number of halogens is 1. The van der Waals surface area contributed by atoms with Crippen LogP contribution in [0.3, 0.4) is 0 Å². The zero-order valence-electron chi connectivity index (χ0n) is 7.10. The summed E-state index contributed by atoms with van der Waals surface area (Å²) < 4.78 is 17.8. The predicted molar refractivity (Wildman–Crippen MR) is 45.5 cm³/mol. The van der Waals surface area contributed by atoms with Crippen LogP contribution in [0.15, 0.2) is 18.7 Å². The van der Waals surface area contributed by atoms with Crippen molar-refractivity contribution in [3.63, 3.8) is 0 Å². The van der Waals surface area contributed by atoms with Crippen LogP contribution in [0.1, 0.15) is 12.5 Å². The number of ether oxygens (including phenoxy) is 1. The molecule has 0 atom stereocenters. The molecular formula is C9H10FNO. The molecule has 1 heterocycles. The molecule has 1 aromatic rings. The first-order valence-corrected chi connectivity index (χ1v) is 3.51. The van der Waals surface area contributed by atoms with E-state index in [4.69, 9.17) is 4.74 Å². The summed E-state index contributed by atoms with van der Waals surface area (Å²) in [5.74, 6) is -0.264. The topological polar surface area (TPSA) is 22.1 Å². The van der Waals surface area contributed by atoms with Crippen molar-refractivity contribution >= 4 is 5.57 Å². The largest absolute Gasteiger partial charge is 0.481 e. The first-order valence-electron chi connectivity index (χ1n) is 3.51. The van der Waals surface area contributed by atoms with Gasteiger partial charge in [0.2, 0.25) is 11.8 Å². The van der Waals surface area contributed by atoms with Gasteiger partial charge in [0.25, 0.3) is 0 Å². The van der Waals surface area contributed by atoms with Crippen molar-refractivity contribution in [3.05, 3.63) is 30.2 Å². The quantitative estimate of drug-likeness (QED) is 0.630. The van der Waals surface area contributed by atoms with E-state index >= 15 is 0 Å². The molecule has 0 fully saturated rings. The number of hydrogen-bond acceptors (Lipinski definition) is 2. The lowest BCUT2D eigenvalue weighted by molar-refractivity contribution is 0.387. The maximum Gasteiger partial charge on any atom is 0.223 e. The Morgan fingerprint density at radius 1 is 1.58 bits per heavy atom. The number of aromatic nitrogens is 1. The fraction of sp³-hybridized carbons (Fsp3) is 0.222. The SMILES string of the molecule is C=C(C)c1ccc(OC)nc1F. The van der Waals surface area contributed by atoms with Crippen LogP contribution < -0.4 is 4.74 Å². The molecule has 0 aliphatic rings. The molecule has 0 bridgehead atoms. The molecule has 0 amide bonds. The smallest absolute Gasteiger partial charge is 0.223 e. The van der Waals surface area contributed by atoms with Crippen molar-refractivity contribution in [2.75, 3.05) is 7.11 Å². The number of methoxy groups -OCH3 is 1. The Morgan fingerprint density at radius 2 is 2.25 bits per heavy atom. The van der Waals surface area contributed by atoms with Crippen molar-refractivity contribution in [2.24, 2.45) is 0 Å². The number of allylic oxidation sites excluding steroid dienone is 1. The first-order chi connectivity index (χ1) is 5.65. The van der Waals surface area contributed by atoms with E-state index in [-0.39, 0.29) is 5.88 Å². The van der Waals surface area contributed by atoms with Gasteiger partial charge in [-0.05, 0) is 18.6 Å². The number of rotatable bonds is 2. The molecule has 0 N–H and O–H groups in total. The Hall–Kier alpha value is -1.38. The normalized spacial score (nSPS) is 9.58. The van der Waals surface area contributed by atoms with Crippen LogP contribution in [0.4, 0.5) is 4.39 Å². The van der Waals surface area contributed by atoms with E-state index in [0.29, 0.717) is 11.1 Å². The zero-order chi connectivity index (χ0) is 9.14. The molecule has 0 aliphatic carbocycles. The van der Waals surface area contributed by atoms with Crippen LogP contribution in [-0.4, -0.2) is 12.1 Å². The average molecular weight is 167 g/mol. The summed E-state index contributed by atoms with van der Waals surface area (Å²) in [6, 6.07) is 3.20. The molecule has 0 unspecified atom stereocenters. The summed E-state index contributed by atoms with van der Waals surface area (Å²) in [5.41, 5.74) is 1.08. The number of pyridine rings is 1. The van der Waals surface area contributed by atoms with E-state index in [2.05, 4.69) is 11.6 Å². The maximum absolute atomic E-state index is 13.0. The summed E-state index contributed by atoms with van der Waals surface area (Å²) in [6.07, 6.45) is 0. The highest BCUT2D eigenvalue weighted by atomic mass is 19.1. The molecule has 0 saturated carbocycles. The van der Waals surface area contributed by atoms with Crippen LogP contribution in [0.5, 0.6) is 5.88 Å². The lowest BCUT2D eigenvalue weighted by Gasteiger charge is -2.02. The monoisotopic (exact) mass is 167 g/mol. The molecule has 12 heavy (non-hydrogen) atoms. The molecule has 0 spiro atoms. The Balaban J connectivity index is 3.12. The fourth-order valence-electron chi connectivity index (χ4n) is 0.850. The number of hydrogen-bond donors (Lipinski definition) is 0. The van der Waals surface area contributed by atoms with Gasteiger partial charge >= 0.3 is 0 Å². The maximum atomic E-state index is 13.0. The molecule has 2 nitrogen and oxygen atoms in total. The van der Waals surface area contributed by atoms with Gasteiger partial charge in [-0.1, -0.05) is 6.58 Å². The molecule has 0 aliphatic heterocycles. The zero-order valence-corrected chi connectivity index (χ0v) is 7.10. The lowest BCUT2D eigenvalue weighted by Crippen LogP contribution is -1.94. The molecular weight excluding hydrogens is 157 g/mol. The van der Waals surface area contributed by atoms with E-state index < -0.39 is 5.95 Å². The van der Waals surface area contributed by atoms with Crippen LogP contribution in [0.25, 0.3) is 5.57 Å². The molecule has 0 saturated heterocycles. The number of nitrogens with zero attached hydrogens (tertiary/aromatic N) is 1. The Labute approximate surface area is 70.7 Å². The van der Waals surface area contributed by atoms with Crippen molar-refractivity contribution < 1.29 is 9.13 Å². The van der Waals surface area contributed by atoms with Crippen molar-refractivity contribution in [3.8, 4) is 5.88 Å². The summed E-state index contributed by atoms with van der Waals surface area (Å²) in [7, 11) is 1.45. The van der Waals surface area contributed by atoms with E-state index in [9.17, 15) is 4.39 Å². The Kier molecular flexibility index (Phi) is 2.43. The molecule has 1 aromatic heterocycles. The van der Waals surface area contributed by atoms with Gasteiger partial charge in [0, 0.05) is 11.6 Å². The van der Waals surface area contributed by atoms with Gasteiger partial charge in [0.05, 0.1) is 7.11 Å². The van der Waals surface area contributed by atoms with Gasteiger partial charge in [0.1, 0.15) is 0 Å². The molecule has 0 radical (unpaired) electrons. The summed E-state index contributed by atoms with van der Waals surface area (Å²) in [5, 5.41) is 0. The molecule has 64 valence electrons. The van der Waals surface area contributed by atoms with Gasteiger partial charge in [-0.15, -0.1) is 0 Å². The van der Waals surface area contributed by atoms with Crippen LogP contribution in [0, 0.1) is 5.95 Å². The van der Waals surface area contributed by atoms with Gasteiger partial charge in [-0.2, -0.15) is 9.37 Å². The summed E-state index contributed by atoms with van der Waals surface area (Å²) in [4.78, 5) is 3.56. The summed E-state index contributed by atoms with van der Waals surface area (Å²) >= 11 is 0. The highest BCUT2D eigenvalue weighted by Crippen LogP contribution is 2.17. The predicted octanol–water partition coefficient (Wildman–Crippen LogP) is 2.26. The third-order valence-corrected chi connectivity index (χ3v) is 1.49. The second kappa shape index (κ2) is 3.34. The van der Waals surface area contributed by atoms with E-state index in [1.165, 1.54) is 7.11 Å². The molecule has 0 aromatic carbocycles. The van der Waals surface area contributed by atoms with E-state index in [1.807, 2.05) is 0 Å². The van der Waals surface area contributed by atoms with Crippen molar-refractivity contribution in [1.29, 1.82) is 0 Å². The van der Waals surface area contributed by atoms with Crippen LogP contribution in [0.2, 0.25) is 0 Å². The van der Waals surface area contributed by atoms with Crippen LogP contribution in [-0.2, 0) is 0 Å². The molecule has 3 heteroatoms. The third-order valence-electron chi connectivity index (χ3n) is 1.49. The molecule has 1 rings (SSSR count). The standard InChI is InChI=1S/C9H10FNO/c1-6(2)7-4-5-8(12-3)11-9(7)10/h4-5H,1H2,2-3H3. The van der Waals surface area contributed by atoms with Gasteiger partial charge in [0.15, 0.2) is 0 Å². The van der Waals surface area contributed by atoms with Gasteiger partial charge in [-0.25, -0.2) is 0 Å². The second-order valence-corrected chi connectivity index (χ2v) is 2.47. The lowest BCUT2D eigenvalue weighted by atomic mass is 10.1. The average Bonchev–Trinajstić information content (AvgIpc) is 2.03. The van der Waals surface area contributed by atoms with Gasteiger partial charge < -0.3 is 4.74 Å². The minimum absolute atomic E-state index is 0.275. The van der Waals surface area contributed by atoms with Crippen LogP contribution >= 0.6 is 0 Å². The van der Waals surface area contributed by atoms with E-state index in [1.54, 1.807) is 19.1 Å². The Bertz CT molecular complexity index is 309. The first kappa shape index (κ1) is 8.71. The minimum Gasteiger partial charge on any atom is -0.481 e. The van der Waals surface area contributed by atoms with Crippen molar-refractivity contribution in [2.45, 2.75) is 6.92 Å². The van der Waals surface area contributed by atoms with Crippen molar-refractivity contribution in [1.82, 2.24) is 4.98 Å². The highest BCUT2D eigenvalue weighted by Gasteiger charge is 2.04. The van der Waals surface area contributed by atoms with Gasteiger partial charge in [-0.3, -0.25) is 0 Å². The second-order valence-electron chi connectivity index (χ2n) is 2.47. The highest BCUT2D eigenvalue weighted by molar-refractivity contribution is 5.61. The minimum atomic E-state index is -0.540. The fourth-order valence-corrected chi connectivity index (χ4v) is 0.850. The van der Waals surface area contributed by atoms with E-state index in [0.717, 1.165) is 0 Å². The summed E-state index contributed by atoms with van der Waals surface area (Å²) in [6.45, 7) is 5.35.